The zero-order valence-electron chi connectivity index (χ0n) is 8.77. The maximum atomic E-state index is 11.4. The number of benzene rings is 1. The van der Waals surface area contributed by atoms with Crippen molar-refractivity contribution in [3.05, 3.63) is 35.9 Å². The molecule has 0 aromatic heterocycles. The van der Waals surface area contributed by atoms with Crippen LogP contribution < -0.4 is 4.72 Å². The van der Waals surface area contributed by atoms with Crippen LogP contribution in [0.4, 0.5) is 0 Å². The van der Waals surface area contributed by atoms with Gasteiger partial charge in [-0.25, -0.2) is 0 Å². The van der Waals surface area contributed by atoms with E-state index in [0.29, 0.717) is 5.92 Å². The van der Waals surface area contributed by atoms with Crippen molar-refractivity contribution >= 4 is 17.9 Å². The van der Waals surface area contributed by atoms with Crippen LogP contribution in [0.25, 0.3) is 0 Å². The first kappa shape index (κ1) is 10.6. The monoisotopic (exact) mass is 221 g/mol. The average molecular weight is 221 g/mol. The molecule has 1 aliphatic heterocycles. The van der Waals surface area contributed by atoms with Gasteiger partial charge in [0.2, 0.25) is 5.91 Å². The Morgan fingerprint density at radius 3 is 2.80 bits per heavy atom. The summed E-state index contributed by atoms with van der Waals surface area (Å²) < 4.78 is 2.80. The Bertz CT molecular complexity index is 339. The van der Waals surface area contributed by atoms with Crippen LogP contribution >= 0.6 is 11.9 Å². The number of carbonyl (C=O) groups is 1. The van der Waals surface area contributed by atoms with E-state index in [9.17, 15) is 4.79 Å². The van der Waals surface area contributed by atoms with Gasteiger partial charge in [-0.2, -0.15) is 0 Å². The normalized spacial score (nSPS) is 22.5. The zero-order chi connectivity index (χ0) is 10.7. The van der Waals surface area contributed by atoms with Crippen LogP contribution in [0, 0.1) is 5.92 Å². The molecule has 1 heterocycles. The van der Waals surface area contributed by atoms with E-state index in [0.717, 1.165) is 12.2 Å². The molecular weight excluding hydrogens is 206 g/mol. The Balaban J connectivity index is 1.98. The van der Waals surface area contributed by atoms with E-state index in [1.165, 1.54) is 17.5 Å². The molecule has 15 heavy (non-hydrogen) atoms. The van der Waals surface area contributed by atoms with Crippen molar-refractivity contribution in [3.63, 3.8) is 0 Å². The number of hydrogen-bond acceptors (Lipinski definition) is 2. The highest BCUT2D eigenvalue weighted by molar-refractivity contribution is 7.98. The zero-order valence-corrected chi connectivity index (χ0v) is 9.59. The molecule has 3 heteroatoms. The summed E-state index contributed by atoms with van der Waals surface area (Å²) in [5.74, 6) is 1.75. The van der Waals surface area contributed by atoms with Gasteiger partial charge < -0.3 is 0 Å². The smallest absolute Gasteiger partial charge is 0.233 e. The van der Waals surface area contributed by atoms with Gasteiger partial charge in [-0.3, -0.25) is 9.52 Å². The molecule has 80 valence electrons. The van der Waals surface area contributed by atoms with Crippen LogP contribution in [-0.4, -0.2) is 11.7 Å². The van der Waals surface area contributed by atoms with Crippen LogP contribution in [-0.2, 0) is 4.79 Å². The SMILES string of the molecule is CC(CC1CSNC1=O)c1ccccc1. The van der Waals surface area contributed by atoms with E-state index >= 15 is 0 Å². The molecule has 1 saturated heterocycles. The molecule has 1 fully saturated rings. The number of nitrogens with one attached hydrogen (secondary N) is 1. The minimum absolute atomic E-state index is 0.185. The predicted octanol–water partition coefficient (Wildman–Crippen LogP) is 2.57. The fourth-order valence-corrected chi connectivity index (χ4v) is 2.77. The van der Waals surface area contributed by atoms with Crippen LogP contribution in [0.3, 0.4) is 0 Å². The van der Waals surface area contributed by atoms with Gasteiger partial charge in [0, 0.05) is 5.75 Å². The second kappa shape index (κ2) is 4.71. The van der Waals surface area contributed by atoms with Crippen LogP contribution in [0.15, 0.2) is 30.3 Å². The van der Waals surface area contributed by atoms with Crippen LogP contribution in [0.1, 0.15) is 24.8 Å². The van der Waals surface area contributed by atoms with Crippen molar-refractivity contribution in [2.24, 2.45) is 5.92 Å². The molecule has 1 aliphatic rings. The third-order valence-corrected chi connectivity index (χ3v) is 3.75. The second-order valence-corrected chi connectivity index (χ2v) is 4.85. The predicted molar refractivity (Wildman–Crippen MR) is 63.6 cm³/mol. The highest BCUT2D eigenvalue weighted by Crippen LogP contribution is 2.28. The van der Waals surface area contributed by atoms with Gasteiger partial charge in [-0.1, -0.05) is 37.3 Å². The van der Waals surface area contributed by atoms with Crippen molar-refractivity contribution in [1.29, 1.82) is 0 Å². The van der Waals surface area contributed by atoms with E-state index in [2.05, 4.69) is 35.9 Å². The van der Waals surface area contributed by atoms with Crippen LogP contribution in [0.2, 0.25) is 0 Å². The lowest BCUT2D eigenvalue weighted by Crippen LogP contribution is -2.19. The number of amides is 1. The Labute approximate surface area is 94.6 Å². The van der Waals surface area contributed by atoms with Gasteiger partial charge in [-0.15, -0.1) is 0 Å². The molecule has 0 saturated carbocycles. The standard InChI is InChI=1S/C12H15NOS/c1-9(10-5-3-2-4-6-10)7-11-8-15-13-12(11)14/h2-6,9,11H,7-8H2,1H3,(H,13,14). The summed E-state index contributed by atoms with van der Waals surface area (Å²) in [6.07, 6.45) is 0.947. The lowest BCUT2D eigenvalue weighted by Gasteiger charge is -2.14. The first-order chi connectivity index (χ1) is 7.27. The van der Waals surface area contributed by atoms with E-state index in [-0.39, 0.29) is 11.8 Å². The first-order valence-corrected chi connectivity index (χ1v) is 6.22. The minimum Gasteiger partial charge on any atom is -0.300 e. The third kappa shape index (κ3) is 2.53. The molecule has 0 aliphatic carbocycles. The molecule has 1 aromatic carbocycles. The molecule has 2 unspecified atom stereocenters. The van der Waals surface area contributed by atoms with E-state index < -0.39 is 0 Å². The summed E-state index contributed by atoms with van der Waals surface area (Å²) in [5.41, 5.74) is 1.32. The Morgan fingerprint density at radius 1 is 1.47 bits per heavy atom. The van der Waals surface area contributed by atoms with Crippen molar-refractivity contribution in [2.75, 3.05) is 5.75 Å². The molecule has 1 amide bonds. The molecule has 0 radical (unpaired) electrons. The topological polar surface area (TPSA) is 29.1 Å². The molecule has 1 N–H and O–H groups in total. The van der Waals surface area contributed by atoms with Crippen molar-refractivity contribution < 1.29 is 4.79 Å². The largest absolute Gasteiger partial charge is 0.300 e. The number of carbonyl (C=O) groups excluding carboxylic acids is 1. The maximum Gasteiger partial charge on any atom is 0.233 e. The summed E-state index contributed by atoms with van der Waals surface area (Å²) >= 11 is 1.53. The second-order valence-electron chi connectivity index (χ2n) is 4.02. The van der Waals surface area contributed by atoms with Crippen molar-refractivity contribution in [1.82, 2.24) is 4.72 Å². The molecule has 2 atom stereocenters. The van der Waals surface area contributed by atoms with Crippen molar-refractivity contribution in [3.8, 4) is 0 Å². The molecule has 2 rings (SSSR count). The van der Waals surface area contributed by atoms with Gasteiger partial charge in [0.1, 0.15) is 0 Å². The number of rotatable bonds is 3. The van der Waals surface area contributed by atoms with Gasteiger partial charge in [0.15, 0.2) is 0 Å². The van der Waals surface area contributed by atoms with Gasteiger partial charge >= 0.3 is 0 Å². The van der Waals surface area contributed by atoms with Crippen LogP contribution in [0.5, 0.6) is 0 Å². The van der Waals surface area contributed by atoms with E-state index in [4.69, 9.17) is 0 Å². The first-order valence-electron chi connectivity index (χ1n) is 5.24. The highest BCUT2D eigenvalue weighted by Gasteiger charge is 2.26. The summed E-state index contributed by atoms with van der Waals surface area (Å²) in [5, 5.41) is 0. The quantitative estimate of drug-likeness (QED) is 0.795. The molecule has 1 aromatic rings. The van der Waals surface area contributed by atoms with Gasteiger partial charge in [-0.05, 0) is 29.9 Å². The fraction of sp³-hybridized carbons (Fsp3) is 0.417. The molecule has 0 spiro atoms. The van der Waals surface area contributed by atoms with E-state index in [1.54, 1.807) is 0 Å². The molecule has 2 nitrogen and oxygen atoms in total. The lowest BCUT2D eigenvalue weighted by molar-refractivity contribution is -0.121. The van der Waals surface area contributed by atoms with Crippen molar-refractivity contribution in [2.45, 2.75) is 19.3 Å². The Hall–Kier alpha value is -0.960. The van der Waals surface area contributed by atoms with Gasteiger partial charge in [0.05, 0.1) is 5.92 Å². The van der Waals surface area contributed by atoms with Gasteiger partial charge in [0.25, 0.3) is 0 Å². The average Bonchev–Trinajstić information content (AvgIpc) is 2.66. The summed E-state index contributed by atoms with van der Waals surface area (Å²) in [6.45, 7) is 2.19. The third-order valence-electron chi connectivity index (χ3n) is 2.83. The summed E-state index contributed by atoms with van der Waals surface area (Å²) in [4.78, 5) is 11.4. The Morgan fingerprint density at radius 2 is 2.20 bits per heavy atom. The highest BCUT2D eigenvalue weighted by atomic mass is 32.2. The number of hydrogen-bond donors (Lipinski definition) is 1. The lowest BCUT2D eigenvalue weighted by atomic mass is 9.91. The summed E-state index contributed by atoms with van der Waals surface area (Å²) in [6, 6.07) is 10.4. The minimum atomic E-state index is 0.185. The Kier molecular flexibility index (Phi) is 3.31. The maximum absolute atomic E-state index is 11.4. The summed E-state index contributed by atoms with van der Waals surface area (Å²) in [7, 11) is 0. The fourth-order valence-electron chi connectivity index (χ4n) is 1.89. The molecular formula is C12H15NOS. The van der Waals surface area contributed by atoms with E-state index in [1.807, 2.05) is 6.07 Å². The molecule has 0 bridgehead atoms.